The molecule has 0 aliphatic carbocycles. The summed E-state index contributed by atoms with van der Waals surface area (Å²) in [5.41, 5.74) is 0.515. The van der Waals surface area contributed by atoms with Gasteiger partial charge in [0.2, 0.25) is 0 Å². The number of hydrogen-bond acceptors (Lipinski definition) is 5. The van der Waals surface area contributed by atoms with Crippen LogP contribution in [0, 0.1) is 0 Å². The molecule has 0 aliphatic heterocycles. The van der Waals surface area contributed by atoms with Gasteiger partial charge in [-0.2, -0.15) is 0 Å². The molecule has 0 spiro atoms. The number of unbranched alkanes of at least 4 members (excludes halogenated alkanes) is 2. The summed E-state index contributed by atoms with van der Waals surface area (Å²) in [6, 6.07) is 0.301. The van der Waals surface area contributed by atoms with Crippen LogP contribution in [0.2, 0.25) is 0 Å². The minimum atomic E-state index is -0.932. The lowest BCUT2D eigenvalue weighted by molar-refractivity contribution is 0.0697. The molecule has 1 aromatic rings. The van der Waals surface area contributed by atoms with E-state index in [0.717, 1.165) is 18.1 Å². The molecule has 0 bridgehead atoms. The smallest absolute Gasteiger partial charge is 0.347 e. The summed E-state index contributed by atoms with van der Waals surface area (Å²) >= 11 is 1.24. The van der Waals surface area contributed by atoms with E-state index in [1.165, 1.54) is 24.2 Å². The molecular weight excluding hydrogens is 276 g/mol. The molecule has 0 saturated heterocycles. The second-order valence-electron chi connectivity index (χ2n) is 5.00. The topological polar surface area (TPSA) is 62.7 Å². The highest BCUT2D eigenvalue weighted by Gasteiger charge is 2.21. The van der Waals surface area contributed by atoms with Gasteiger partial charge in [0, 0.05) is 19.7 Å². The van der Waals surface area contributed by atoms with E-state index in [-0.39, 0.29) is 11.5 Å². The molecule has 0 atom stereocenters. The second-order valence-corrected chi connectivity index (χ2v) is 5.98. The van der Waals surface area contributed by atoms with Crippen molar-refractivity contribution in [3.63, 3.8) is 0 Å². The predicted molar refractivity (Wildman–Crippen MR) is 81.8 cm³/mol. The fourth-order valence-electron chi connectivity index (χ4n) is 1.97. The van der Waals surface area contributed by atoms with Crippen LogP contribution in [0.4, 0.5) is 5.13 Å². The van der Waals surface area contributed by atoms with Crippen LogP contribution in [0.25, 0.3) is 0 Å². The van der Waals surface area contributed by atoms with Crippen molar-refractivity contribution in [3.8, 4) is 0 Å². The molecule has 0 aliphatic rings. The molecule has 0 fully saturated rings. The zero-order chi connectivity index (χ0) is 15.1. The number of carbonyl (C=O) groups is 1. The third-order valence-electron chi connectivity index (χ3n) is 3.03. The number of carboxylic acids is 1. The lowest BCUT2D eigenvalue weighted by atomic mass is 10.2. The first-order valence-corrected chi connectivity index (χ1v) is 7.81. The van der Waals surface area contributed by atoms with Crippen LogP contribution in [0.3, 0.4) is 0 Å². The van der Waals surface area contributed by atoms with Crippen molar-refractivity contribution in [3.05, 3.63) is 10.6 Å². The second kappa shape index (κ2) is 8.21. The lowest BCUT2D eigenvalue weighted by Crippen LogP contribution is -2.31. The van der Waals surface area contributed by atoms with Crippen molar-refractivity contribution in [1.29, 1.82) is 0 Å². The number of methoxy groups -OCH3 is 1. The molecule has 1 N–H and O–H groups in total. The van der Waals surface area contributed by atoms with E-state index in [9.17, 15) is 9.90 Å². The Bertz CT molecular complexity index is 432. The van der Waals surface area contributed by atoms with E-state index in [4.69, 9.17) is 4.74 Å². The number of aromatic carboxylic acids is 1. The van der Waals surface area contributed by atoms with Gasteiger partial charge in [-0.1, -0.05) is 31.1 Å². The summed E-state index contributed by atoms with van der Waals surface area (Å²) < 4.78 is 5.03. The summed E-state index contributed by atoms with van der Waals surface area (Å²) in [5, 5.41) is 10.0. The average molecular weight is 300 g/mol. The molecule has 0 aromatic carbocycles. The first kappa shape index (κ1) is 16.9. The van der Waals surface area contributed by atoms with Crippen LogP contribution in [-0.4, -0.2) is 35.8 Å². The van der Waals surface area contributed by atoms with Crippen LogP contribution >= 0.6 is 11.3 Å². The molecule has 1 heterocycles. The Morgan fingerprint density at radius 1 is 1.45 bits per heavy atom. The molecule has 0 saturated carbocycles. The number of thiazole rings is 1. The Kier molecular flexibility index (Phi) is 6.95. The molecule has 0 amide bonds. The highest BCUT2D eigenvalue weighted by Crippen LogP contribution is 2.28. The molecule has 5 nitrogen and oxygen atoms in total. The molecule has 1 rings (SSSR count). The van der Waals surface area contributed by atoms with Gasteiger partial charge < -0.3 is 14.7 Å². The average Bonchev–Trinajstić information content (AvgIpc) is 2.78. The Labute approximate surface area is 124 Å². The third kappa shape index (κ3) is 4.45. The van der Waals surface area contributed by atoms with E-state index in [1.54, 1.807) is 7.11 Å². The van der Waals surface area contributed by atoms with Gasteiger partial charge >= 0.3 is 5.97 Å². The molecule has 20 heavy (non-hydrogen) atoms. The fraction of sp³-hybridized carbons (Fsp3) is 0.714. The number of carboxylic acid groups (broad SMARTS) is 1. The van der Waals surface area contributed by atoms with Crippen LogP contribution in [-0.2, 0) is 11.3 Å². The van der Waals surface area contributed by atoms with Gasteiger partial charge in [0.1, 0.15) is 4.88 Å². The summed E-state index contributed by atoms with van der Waals surface area (Å²) in [6.45, 7) is 7.51. The largest absolute Gasteiger partial charge is 0.477 e. The SMILES string of the molecule is CCCCCN(c1nc(COC)c(C(=O)O)s1)C(C)C. The zero-order valence-electron chi connectivity index (χ0n) is 12.7. The number of rotatable bonds is 9. The monoisotopic (exact) mass is 300 g/mol. The summed E-state index contributed by atoms with van der Waals surface area (Å²) in [5.74, 6) is -0.932. The van der Waals surface area contributed by atoms with E-state index >= 15 is 0 Å². The maximum atomic E-state index is 11.3. The van der Waals surface area contributed by atoms with Gasteiger partial charge in [-0.3, -0.25) is 0 Å². The first-order chi connectivity index (χ1) is 9.51. The van der Waals surface area contributed by atoms with Crippen molar-refractivity contribution < 1.29 is 14.6 Å². The molecule has 1 aromatic heterocycles. The lowest BCUT2D eigenvalue weighted by Gasteiger charge is -2.26. The van der Waals surface area contributed by atoms with Crippen molar-refractivity contribution in [2.45, 2.75) is 52.7 Å². The molecule has 0 unspecified atom stereocenters. The number of nitrogens with zero attached hydrogens (tertiary/aromatic N) is 2. The Morgan fingerprint density at radius 2 is 2.15 bits per heavy atom. The Morgan fingerprint density at radius 3 is 2.65 bits per heavy atom. The molecule has 114 valence electrons. The summed E-state index contributed by atoms with van der Waals surface area (Å²) in [4.78, 5) is 18.2. The van der Waals surface area contributed by atoms with E-state index in [0.29, 0.717) is 11.7 Å². The number of ether oxygens (including phenoxy) is 1. The minimum Gasteiger partial charge on any atom is -0.477 e. The quantitative estimate of drug-likeness (QED) is 0.708. The number of aromatic nitrogens is 1. The van der Waals surface area contributed by atoms with Gasteiger partial charge in [-0.15, -0.1) is 0 Å². The van der Waals surface area contributed by atoms with Crippen LogP contribution < -0.4 is 4.90 Å². The highest BCUT2D eigenvalue weighted by atomic mass is 32.1. The highest BCUT2D eigenvalue weighted by molar-refractivity contribution is 7.17. The zero-order valence-corrected chi connectivity index (χ0v) is 13.5. The van der Waals surface area contributed by atoms with Crippen LogP contribution in [0.15, 0.2) is 0 Å². The van der Waals surface area contributed by atoms with Gasteiger partial charge in [-0.05, 0) is 20.3 Å². The van der Waals surface area contributed by atoms with Crippen LogP contribution in [0.1, 0.15) is 55.4 Å². The third-order valence-corrected chi connectivity index (χ3v) is 4.16. The normalized spacial score (nSPS) is 11.1. The Balaban J connectivity index is 2.95. The maximum absolute atomic E-state index is 11.3. The van der Waals surface area contributed by atoms with Crippen LogP contribution in [0.5, 0.6) is 0 Å². The Hall–Kier alpha value is -1.14. The van der Waals surface area contributed by atoms with Crippen molar-refractivity contribution in [2.75, 3.05) is 18.6 Å². The molecule has 6 heteroatoms. The summed E-state index contributed by atoms with van der Waals surface area (Å²) in [7, 11) is 1.55. The number of hydrogen-bond donors (Lipinski definition) is 1. The van der Waals surface area contributed by atoms with Crippen molar-refractivity contribution in [1.82, 2.24) is 4.98 Å². The van der Waals surface area contributed by atoms with E-state index in [2.05, 4.69) is 30.7 Å². The van der Waals surface area contributed by atoms with Gasteiger partial charge in [0.25, 0.3) is 0 Å². The van der Waals surface area contributed by atoms with Gasteiger partial charge in [0.15, 0.2) is 5.13 Å². The van der Waals surface area contributed by atoms with E-state index in [1.807, 2.05) is 0 Å². The molecule has 0 radical (unpaired) electrons. The molecular formula is C14H24N2O3S. The standard InChI is InChI=1S/C14H24N2O3S/c1-5-6-7-8-16(10(2)3)14-15-11(9-19-4)12(20-14)13(17)18/h10H,5-9H2,1-4H3,(H,17,18). The van der Waals surface area contributed by atoms with Gasteiger partial charge in [0.05, 0.1) is 12.3 Å². The predicted octanol–water partition coefficient (Wildman–Crippen LogP) is 3.39. The maximum Gasteiger partial charge on any atom is 0.347 e. The summed E-state index contributed by atoms with van der Waals surface area (Å²) in [6.07, 6.45) is 3.43. The van der Waals surface area contributed by atoms with Crippen molar-refractivity contribution in [2.24, 2.45) is 0 Å². The first-order valence-electron chi connectivity index (χ1n) is 6.99. The van der Waals surface area contributed by atoms with E-state index < -0.39 is 5.97 Å². The van der Waals surface area contributed by atoms with Gasteiger partial charge in [-0.25, -0.2) is 9.78 Å². The van der Waals surface area contributed by atoms with Crippen molar-refractivity contribution >= 4 is 22.4 Å². The fourth-order valence-corrected chi connectivity index (χ4v) is 3.04. The number of anilines is 1. The minimum absolute atomic E-state index is 0.235.